The molecule has 2 amide bonds. The third-order valence-corrected chi connectivity index (χ3v) is 6.27. The Labute approximate surface area is 233 Å². The van der Waals surface area contributed by atoms with Crippen LogP contribution in [0.2, 0.25) is 0 Å². The van der Waals surface area contributed by atoms with E-state index in [2.05, 4.69) is 16.3 Å². The van der Waals surface area contributed by atoms with Crippen molar-refractivity contribution in [3.63, 3.8) is 0 Å². The third kappa shape index (κ3) is 5.12. The van der Waals surface area contributed by atoms with Crippen molar-refractivity contribution in [1.29, 1.82) is 5.26 Å². The summed E-state index contributed by atoms with van der Waals surface area (Å²) in [5.74, 6) is 0.280. The third-order valence-electron chi connectivity index (χ3n) is 6.27. The van der Waals surface area contributed by atoms with E-state index in [1.807, 2.05) is 58.9 Å². The first-order valence-corrected chi connectivity index (χ1v) is 12.5. The van der Waals surface area contributed by atoms with Gasteiger partial charge in [0.25, 0.3) is 11.8 Å². The van der Waals surface area contributed by atoms with Crippen LogP contribution in [0.15, 0.2) is 35.4 Å². The highest BCUT2D eigenvalue weighted by molar-refractivity contribution is 6.23. The van der Waals surface area contributed by atoms with E-state index in [4.69, 9.17) is 9.47 Å². The van der Waals surface area contributed by atoms with Gasteiger partial charge in [0.15, 0.2) is 11.5 Å². The van der Waals surface area contributed by atoms with E-state index in [9.17, 15) is 19.6 Å². The standard InChI is InChI=1S/C18H16N4O3.C11H18N2O2/c1-10(2)15-14(18(23)25-4)13(9-19)17-21-20-16(22(15)17)11-5-7-12(24-3)8-6-11;1-7(2)8-9(14)12(6)13(10(8)15)11(3,4)5/h5-8H,1-4H3;1-6H3. The predicted octanol–water partition coefficient (Wildman–Crippen LogP) is 3.31. The summed E-state index contributed by atoms with van der Waals surface area (Å²) in [4.78, 5) is 36.1. The first-order chi connectivity index (χ1) is 18.7. The second-order valence-electron chi connectivity index (χ2n) is 10.6. The molecular weight excluding hydrogens is 512 g/mol. The maximum atomic E-state index is 12.3. The van der Waals surface area contributed by atoms with Gasteiger partial charge in [0.1, 0.15) is 28.5 Å². The van der Waals surface area contributed by atoms with Crippen LogP contribution < -0.4 is 10.1 Å². The molecule has 1 aliphatic heterocycles. The maximum Gasteiger partial charge on any atom is 0.341 e. The fourth-order valence-corrected chi connectivity index (χ4v) is 4.58. The molecule has 0 atom stereocenters. The number of hydrogen-bond donors (Lipinski definition) is 0. The Balaban J connectivity index is 0.000000252. The highest BCUT2D eigenvalue weighted by Crippen LogP contribution is 2.28. The topological polar surface area (TPSA) is 130 Å². The minimum atomic E-state index is -0.570. The van der Waals surface area contributed by atoms with Crippen molar-refractivity contribution < 1.29 is 23.9 Å². The van der Waals surface area contributed by atoms with Gasteiger partial charge in [0.2, 0.25) is 0 Å². The fraction of sp³-hybridized carbons (Fsp3) is 0.379. The number of fused-ring (bicyclic) bond motifs is 1. The van der Waals surface area contributed by atoms with Crippen LogP contribution in [-0.2, 0) is 14.3 Å². The zero-order valence-corrected chi connectivity index (χ0v) is 24.5. The van der Waals surface area contributed by atoms with Crippen LogP contribution >= 0.6 is 0 Å². The number of benzene rings is 1. The van der Waals surface area contributed by atoms with Gasteiger partial charge in [-0.2, -0.15) is 5.26 Å². The van der Waals surface area contributed by atoms with Gasteiger partial charge in [-0.25, -0.2) is 14.8 Å². The number of rotatable bonds is 3. The number of ether oxygens (including phenoxy) is 2. The van der Waals surface area contributed by atoms with Crippen LogP contribution in [0.3, 0.4) is 0 Å². The summed E-state index contributed by atoms with van der Waals surface area (Å²) in [6.45, 7) is 13.0. The monoisotopic (exact) mass is 546 g/mol. The zero-order chi connectivity index (χ0) is 30.1. The Morgan fingerprint density at radius 2 is 1.55 bits per heavy atom. The lowest BCUT2D eigenvalue weighted by atomic mass is 10.1. The molecule has 0 unspecified atom stereocenters. The molecule has 0 radical (unpaired) electrons. The van der Waals surface area contributed by atoms with Crippen LogP contribution in [0.5, 0.6) is 5.75 Å². The van der Waals surface area contributed by atoms with Crippen molar-refractivity contribution >= 4 is 29.0 Å². The number of aromatic nitrogens is 3. The summed E-state index contributed by atoms with van der Waals surface area (Å²) in [6.07, 6.45) is 0. The van der Waals surface area contributed by atoms with Gasteiger partial charge in [0, 0.05) is 12.6 Å². The minimum Gasteiger partial charge on any atom is -0.497 e. The molecule has 0 N–H and O–H groups in total. The van der Waals surface area contributed by atoms with Gasteiger partial charge < -0.3 is 9.47 Å². The average molecular weight is 547 g/mol. The first-order valence-electron chi connectivity index (χ1n) is 12.5. The minimum absolute atomic E-state index is 0.162. The Morgan fingerprint density at radius 1 is 0.950 bits per heavy atom. The van der Waals surface area contributed by atoms with E-state index in [-0.39, 0.29) is 28.5 Å². The van der Waals surface area contributed by atoms with Gasteiger partial charge in [-0.3, -0.25) is 14.0 Å². The second-order valence-corrected chi connectivity index (χ2v) is 10.6. The molecule has 0 saturated carbocycles. The van der Waals surface area contributed by atoms with E-state index >= 15 is 0 Å². The van der Waals surface area contributed by atoms with Gasteiger partial charge in [0.05, 0.1) is 25.1 Å². The van der Waals surface area contributed by atoms with E-state index in [1.165, 1.54) is 17.1 Å². The lowest BCUT2D eigenvalue weighted by Crippen LogP contribution is -2.49. The molecule has 0 spiro atoms. The van der Waals surface area contributed by atoms with Crippen LogP contribution in [0.4, 0.5) is 0 Å². The van der Waals surface area contributed by atoms with Crippen molar-refractivity contribution in [3.8, 4) is 23.2 Å². The molecule has 2 aromatic heterocycles. The van der Waals surface area contributed by atoms with Crippen LogP contribution in [0.25, 0.3) is 22.6 Å². The van der Waals surface area contributed by atoms with Crippen molar-refractivity contribution in [2.24, 2.45) is 0 Å². The Kier molecular flexibility index (Phi) is 8.34. The maximum absolute atomic E-state index is 12.3. The van der Waals surface area contributed by atoms with Crippen molar-refractivity contribution in [2.75, 3.05) is 21.3 Å². The van der Waals surface area contributed by atoms with Crippen LogP contribution in [0.1, 0.15) is 64.4 Å². The Hall–Kier alpha value is -4.72. The number of amides is 2. The summed E-state index contributed by atoms with van der Waals surface area (Å²) in [7, 11) is 4.51. The molecule has 1 fully saturated rings. The molecule has 210 valence electrons. The highest BCUT2D eigenvalue weighted by Gasteiger charge is 2.44. The fourth-order valence-electron chi connectivity index (χ4n) is 4.58. The number of carbonyl (C=O) groups is 3. The van der Waals surface area contributed by atoms with E-state index in [0.717, 1.165) is 22.5 Å². The SMILES string of the molecule is CC(C)=C1C(=O)N(C)N(C(C)(C)C)C1=O.COC(=O)c1c(C#N)c2nnc(-c3ccc(OC)cc3)n2c1=C(C)C. The van der Waals surface area contributed by atoms with Crippen molar-refractivity contribution in [3.05, 3.63) is 51.9 Å². The first kappa shape index (κ1) is 29.8. The number of carbonyl (C=O) groups excluding carboxylic acids is 3. The number of methoxy groups -OCH3 is 2. The molecule has 1 aromatic carbocycles. The number of hydrogen-bond acceptors (Lipinski definition) is 8. The lowest BCUT2D eigenvalue weighted by molar-refractivity contribution is -0.153. The summed E-state index contributed by atoms with van der Waals surface area (Å²) < 4.78 is 11.8. The summed E-state index contributed by atoms with van der Waals surface area (Å²) >= 11 is 0. The quantitative estimate of drug-likeness (QED) is 0.278. The molecule has 40 heavy (non-hydrogen) atoms. The van der Waals surface area contributed by atoms with Crippen LogP contribution in [0, 0.1) is 11.3 Å². The molecular formula is C29H34N6O5. The number of hydrazine groups is 1. The van der Waals surface area contributed by atoms with Crippen LogP contribution in [-0.4, -0.2) is 69.2 Å². The van der Waals surface area contributed by atoms with Crippen molar-refractivity contribution in [1.82, 2.24) is 24.6 Å². The molecule has 4 rings (SSSR count). The predicted molar refractivity (Wildman–Crippen MR) is 149 cm³/mol. The van der Waals surface area contributed by atoms with E-state index in [0.29, 0.717) is 22.4 Å². The number of nitriles is 1. The van der Waals surface area contributed by atoms with Gasteiger partial charge in [-0.15, -0.1) is 10.2 Å². The van der Waals surface area contributed by atoms with E-state index < -0.39 is 5.97 Å². The summed E-state index contributed by atoms with van der Waals surface area (Å²) in [5.41, 5.74) is 3.04. The molecule has 3 heterocycles. The molecule has 11 heteroatoms. The largest absolute Gasteiger partial charge is 0.497 e. The number of esters is 1. The zero-order valence-electron chi connectivity index (χ0n) is 24.5. The lowest BCUT2D eigenvalue weighted by Gasteiger charge is -2.35. The average Bonchev–Trinajstić information content (AvgIpc) is 3.52. The van der Waals surface area contributed by atoms with Gasteiger partial charge >= 0.3 is 5.97 Å². The Morgan fingerprint density at radius 3 is 1.95 bits per heavy atom. The highest BCUT2D eigenvalue weighted by atomic mass is 16.5. The molecule has 11 nitrogen and oxygen atoms in total. The molecule has 1 aliphatic rings. The summed E-state index contributed by atoms with van der Waals surface area (Å²) in [5, 5.41) is 21.4. The number of likely N-dealkylation sites (N-methyl/N-ethyl adjacent to an activating group) is 1. The van der Waals surface area contributed by atoms with Gasteiger partial charge in [-0.1, -0.05) is 11.1 Å². The molecule has 3 aromatic rings. The van der Waals surface area contributed by atoms with E-state index in [1.54, 1.807) is 32.4 Å². The summed E-state index contributed by atoms with van der Waals surface area (Å²) in [6, 6.07) is 9.38. The van der Waals surface area contributed by atoms with Crippen molar-refractivity contribution in [2.45, 2.75) is 54.0 Å². The Bertz CT molecular complexity index is 1610. The number of nitrogens with zero attached hydrogens (tertiary/aromatic N) is 6. The molecule has 0 aliphatic carbocycles. The smallest absolute Gasteiger partial charge is 0.341 e. The normalized spacial score (nSPS) is 13.3. The number of allylic oxidation sites excluding steroid dienone is 1. The molecule has 1 saturated heterocycles. The second kappa shape index (κ2) is 11.2. The van der Waals surface area contributed by atoms with Gasteiger partial charge in [-0.05, 0) is 72.7 Å². The molecule has 0 bridgehead atoms.